The Bertz CT molecular complexity index is 720. The van der Waals surface area contributed by atoms with Crippen molar-refractivity contribution in [3.8, 4) is 0 Å². The van der Waals surface area contributed by atoms with Crippen molar-refractivity contribution in [2.24, 2.45) is 0 Å². The van der Waals surface area contributed by atoms with Crippen LogP contribution >= 0.6 is 0 Å². The zero-order valence-electron chi connectivity index (χ0n) is 14.5. The lowest BCUT2D eigenvalue weighted by Crippen LogP contribution is -2.41. The molecule has 0 bridgehead atoms. The molecule has 0 unspecified atom stereocenters. The van der Waals surface area contributed by atoms with Crippen LogP contribution in [0.5, 0.6) is 0 Å². The molecule has 0 atom stereocenters. The number of benzene rings is 1. The van der Waals surface area contributed by atoms with Crippen LogP contribution in [0.3, 0.4) is 0 Å². The van der Waals surface area contributed by atoms with Crippen molar-refractivity contribution in [1.29, 1.82) is 0 Å². The second-order valence-electron chi connectivity index (χ2n) is 7.37. The molecule has 0 aliphatic carbocycles. The zero-order valence-corrected chi connectivity index (χ0v) is 15.5. The van der Waals surface area contributed by atoms with Crippen LogP contribution in [0.2, 0.25) is 18.1 Å². The Labute approximate surface area is 138 Å². The Morgan fingerprint density at radius 1 is 1.22 bits per heavy atom. The van der Waals surface area contributed by atoms with Gasteiger partial charge in [0.05, 0.1) is 11.1 Å². The lowest BCUT2D eigenvalue weighted by molar-refractivity contribution is 0.0697. The van der Waals surface area contributed by atoms with E-state index in [-0.39, 0.29) is 10.6 Å². The molecule has 1 heterocycles. The molecule has 2 aromatic rings. The second-order valence-corrected chi connectivity index (χ2v) is 12.2. The summed E-state index contributed by atoms with van der Waals surface area (Å²) < 4.78 is 6.18. The summed E-state index contributed by atoms with van der Waals surface area (Å²) >= 11 is 0. The van der Waals surface area contributed by atoms with Crippen LogP contribution in [0.25, 0.3) is 10.9 Å². The maximum atomic E-state index is 11.0. The summed E-state index contributed by atoms with van der Waals surface area (Å²) in [5.74, 6) is -0.918. The van der Waals surface area contributed by atoms with E-state index in [1.807, 2.05) is 12.1 Å². The number of fused-ring (bicyclic) bond motifs is 1. The van der Waals surface area contributed by atoms with Crippen molar-refractivity contribution in [2.45, 2.75) is 45.3 Å². The van der Waals surface area contributed by atoms with Gasteiger partial charge in [-0.2, -0.15) is 0 Å². The average Bonchev–Trinajstić information content (AvgIpc) is 2.45. The van der Waals surface area contributed by atoms with Crippen LogP contribution in [-0.2, 0) is 10.8 Å². The van der Waals surface area contributed by atoms with Crippen LogP contribution < -0.4 is 0 Å². The van der Waals surface area contributed by atoms with Gasteiger partial charge in [-0.3, -0.25) is 4.98 Å². The second kappa shape index (κ2) is 6.41. The molecule has 1 aromatic heterocycles. The molecule has 0 aliphatic heterocycles. The predicted octanol–water partition coefficient (Wildman–Crippen LogP) is 4.50. The van der Waals surface area contributed by atoms with Gasteiger partial charge in [-0.15, -0.1) is 0 Å². The van der Waals surface area contributed by atoms with Gasteiger partial charge in [-0.25, -0.2) is 4.79 Å². The van der Waals surface area contributed by atoms with E-state index >= 15 is 0 Å². The molecule has 0 saturated heterocycles. The van der Waals surface area contributed by atoms with Crippen molar-refractivity contribution >= 4 is 25.2 Å². The molecule has 23 heavy (non-hydrogen) atoms. The average molecular weight is 331 g/mol. The molecule has 0 fully saturated rings. The Morgan fingerprint density at radius 3 is 2.52 bits per heavy atom. The number of carboxylic acids is 1. The summed E-state index contributed by atoms with van der Waals surface area (Å²) in [5, 5.41) is 10.1. The van der Waals surface area contributed by atoms with Gasteiger partial charge in [-0.05, 0) is 42.4 Å². The number of carboxylic acid groups (broad SMARTS) is 1. The third-order valence-electron chi connectivity index (χ3n) is 4.62. The van der Waals surface area contributed by atoms with E-state index in [1.165, 1.54) is 0 Å². The molecule has 0 spiro atoms. The molecule has 0 radical (unpaired) electrons. The molecule has 1 aromatic carbocycles. The first-order chi connectivity index (χ1) is 10.6. The van der Waals surface area contributed by atoms with Gasteiger partial charge in [0.2, 0.25) is 0 Å². The smallest absolute Gasteiger partial charge is 0.335 e. The van der Waals surface area contributed by atoms with Gasteiger partial charge in [-0.1, -0.05) is 26.8 Å². The van der Waals surface area contributed by atoms with E-state index < -0.39 is 14.3 Å². The van der Waals surface area contributed by atoms with Crippen molar-refractivity contribution < 1.29 is 14.3 Å². The molecular formula is C18H25NO3Si. The number of aromatic carboxylic acids is 1. The van der Waals surface area contributed by atoms with Crippen LogP contribution in [0.15, 0.2) is 30.3 Å². The Morgan fingerprint density at radius 2 is 1.91 bits per heavy atom. The summed E-state index contributed by atoms with van der Waals surface area (Å²) in [6.07, 6.45) is 0.767. The fourth-order valence-corrected chi connectivity index (χ4v) is 3.11. The molecule has 0 saturated carbocycles. The topological polar surface area (TPSA) is 59.4 Å². The predicted molar refractivity (Wildman–Crippen MR) is 95.6 cm³/mol. The monoisotopic (exact) mass is 331 g/mol. The fraction of sp³-hybridized carbons (Fsp3) is 0.444. The standard InChI is InChI=1S/C18H25NO3Si/c1-18(2,3)23(4,5)22-11-10-15-8-6-13-12-14(17(20)21)7-9-16(13)19-15/h6-9,12H,10-11H2,1-5H3,(H,20,21). The highest BCUT2D eigenvalue weighted by atomic mass is 28.4. The highest BCUT2D eigenvalue weighted by Crippen LogP contribution is 2.36. The van der Waals surface area contributed by atoms with Gasteiger partial charge < -0.3 is 9.53 Å². The molecule has 0 amide bonds. The fourth-order valence-electron chi connectivity index (χ4n) is 2.07. The van der Waals surface area contributed by atoms with Gasteiger partial charge >= 0.3 is 5.97 Å². The number of aromatic nitrogens is 1. The number of nitrogens with zero attached hydrogens (tertiary/aromatic N) is 1. The minimum absolute atomic E-state index is 0.205. The van der Waals surface area contributed by atoms with Gasteiger partial charge in [0.25, 0.3) is 0 Å². The summed E-state index contributed by atoms with van der Waals surface area (Å²) in [7, 11) is -1.73. The minimum Gasteiger partial charge on any atom is -0.478 e. The zero-order chi connectivity index (χ0) is 17.3. The number of pyridine rings is 1. The van der Waals surface area contributed by atoms with Crippen LogP contribution in [0.4, 0.5) is 0 Å². The number of carbonyl (C=O) groups is 1. The number of hydrogen-bond acceptors (Lipinski definition) is 3. The van der Waals surface area contributed by atoms with E-state index in [0.717, 1.165) is 23.0 Å². The molecule has 5 heteroatoms. The molecule has 0 aliphatic rings. The summed E-state index contributed by atoms with van der Waals surface area (Å²) in [6.45, 7) is 11.8. The highest BCUT2D eigenvalue weighted by Gasteiger charge is 2.36. The van der Waals surface area contributed by atoms with Gasteiger partial charge in [0.1, 0.15) is 0 Å². The van der Waals surface area contributed by atoms with E-state index in [4.69, 9.17) is 9.53 Å². The lowest BCUT2D eigenvalue weighted by atomic mass is 10.1. The lowest BCUT2D eigenvalue weighted by Gasteiger charge is -2.36. The van der Waals surface area contributed by atoms with Crippen LogP contribution in [0, 0.1) is 0 Å². The Kier molecular flexibility index (Phi) is 4.92. The van der Waals surface area contributed by atoms with Crippen molar-refractivity contribution in [3.05, 3.63) is 41.6 Å². The summed E-state index contributed by atoms with van der Waals surface area (Å²) in [4.78, 5) is 15.6. The number of rotatable bonds is 5. The van der Waals surface area contributed by atoms with E-state index in [2.05, 4.69) is 38.8 Å². The molecule has 2 rings (SSSR count). The first-order valence-corrected chi connectivity index (χ1v) is 10.8. The quantitative estimate of drug-likeness (QED) is 0.820. The minimum atomic E-state index is -1.73. The Hall–Kier alpha value is -1.72. The van der Waals surface area contributed by atoms with Crippen molar-refractivity contribution in [3.63, 3.8) is 0 Å². The van der Waals surface area contributed by atoms with Gasteiger partial charge in [0.15, 0.2) is 8.32 Å². The van der Waals surface area contributed by atoms with Crippen LogP contribution in [-0.4, -0.2) is 31.0 Å². The first-order valence-electron chi connectivity index (χ1n) is 7.87. The maximum absolute atomic E-state index is 11.0. The molecule has 4 nitrogen and oxygen atoms in total. The molecule has 1 N–H and O–H groups in total. The van der Waals surface area contributed by atoms with E-state index in [0.29, 0.717) is 6.61 Å². The van der Waals surface area contributed by atoms with E-state index in [9.17, 15) is 4.79 Å². The maximum Gasteiger partial charge on any atom is 0.335 e. The number of hydrogen-bond donors (Lipinski definition) is 1. The van der Waals surface area contributed by atoms with Gasteiger partial charge in [0, 0.05) is 24.1 Å². The highest BCUT2D eigenvalue weighted by molar-refractivity contribution is 6.74. The third-order valence-corrected chi connectivity index (χ3v) is 9.16. The van der Waals surface area contributed by atoms with Crippen molar-refractivity contribution in [1.82, 2.24) is 4.98 Å². The largest absolute Gasteiger partial charge is 0.478 e. The molecular weight excluding hydrogens is 306 g/mol. The first kappa shape index (κ1) is 17.6. The Balaban J connectivity index is 2.07. The normalized spacial score (nSPS) is 12.6. The summed E-state index contributed by atoms with van der Waals surface area (Å²) in [6, 6.07) is 8.88. The van der Waals surface area contributed by atoms with Crippen molar-refractivity contribution in [2.75, 3.05) is 6.61 Å². The summed E-state index contributed by atoms with van der Waals surface area (Å²) in [5.41, 5.74) is 2.08. The van der Waals surface area contributed by atoms with Crippen LogP contribution in [0.1, 0.15) is 36.8 Å². The SMILES string of the molecule is CC(C)(C)[Si](C)(C)OCCc1ccc2cc(C(=O)O)ccc2n1. The van der Waals surface area contributed by atoms with E-state index in [1.54, 1.807) is 18.2 Å². The third kappa shape index (κ3) is 4.18. The molecule has 124 valence electrons.